The van der Waals surface area contributed by atoms with Gasteiger partial charge in [0.25, 0.3) is 5.69 Å². The molecule has 148 valence electrons. The molecule has 7 heteroatoms. The van der Waals surface area contributed by atoms with E-state index in [1.165, 1.54) is 18.2 Å². The number of aryl methyl sites for hydroxylation is 1. The van der Waals surface area contributed by atoms with Crippen LogP contribution in [-0.2, 0) is 0 Å². The van der Waals surface area contributed by atoms with E-state index in [1.54, 1.807) is 42.6 Å². The van der Waals surface area contributed by atoms with Crippen molar-refractivity contribution in [1.29, 1.82) is 0 Å². The number of phenolic OH excluding ortho intramolecular Hbond substituents is 1. The molecule has 0 aliphatic rings. The van der Waals surface area contributed by atoms with Gasteiger partial charge in [-0.05, 0) is 54.5 Å². The van der Waals surface area contributed by atoms with Crippen LogP contribution in [0, 0.1) is 17.0 Å². The summed E-state index contributed by atoms with van der Waals surface area (Å²) in [6.07, 6.45) is 4.99. The van der Waals surface area contributed by atoms with E-state index in [-0.39, 0.29) is 11.4 Å². The number of aliphatic imine (C=N–C) groups is 1. The maximum Gasteiger partial charge on any atom is 0.270 e. The number of rotatable bonds is 5. The van der Waals surface area contributed by atoms with Crippen molar-refractivity contribution in [2.24, 2.45) is 4.99 Å². The van der Waals surface area contributed by atoms with Crippen molar-refractivity contribution in [2.75, 3.05) is 0 Å². The van der Waals surface area contributed by atoms with Crippen molar-refractivity contribution < 1.29 is 14.4 Å². The molecule has 0 saturated carbocycles. The highest BCUT2D eigenvalue weighted by Crippen LogP contribution is 2.34. The van der Waals surface area contributed by atoms with Gasteiger partial charge in [-0.2, -0.15) is 0 Å². The van der Waals surface area contributed by atoms with Crippen LogP contribution in [0.2, 0.25) is 0 Å². The quantitative estimate of drug-likeness (QED) is 0.258. The van der Waals surface area contributed by atoms with Crippen molar-refractivity contribution in [3.05, 3.63) is 88.0 Å². The molecular formula is C23H17N3O4. The fraction of sp³-hybridized carbons (Fsp3) is 0.0435. The Labute approximate surface area is 171 Å². The summed E-state index contributed by atoms with van der Waals surface area (Å²) < 4.78 is 5.79. The van der Waals surface area contributed by atoms with Gasteiger partial charge in [0, 0.05) is 18.3 Å². The predicted octanol–water partition coefficient (Wildman–Crippen LogP) is 5.83. The zero-order valence-electron chi connectivity index (χ0n) is 16.0. The number of allylic oxidation sites excluding steroid dienone is 1. The number of oxazole rings is 1. The number of aromatic nitrogens is 1. The summed E-state index contributed by atoms with van der Waals surface area (Å²) >= 11 is 0. The highest BCUT2D eigenvalue weighted by Gasteiger charge is 2.13. The molecule has 0 atom stereocenters. The summed E-state index contributed by atoms with van der Waals surface area (Å²) in [6.45, 7) is 1.97. The maximum atomic E-state index is 10.8. The Balaban J connectivity index is 1.57. The summed E-state index contributed by atoms with van der Waals surface area (Å²) in [5, 5.41) is 21.1. The summed E-state index contributed by atoms with van der Waals surface area (Å²) in [4.78, 5) is 19.2. The third kappa shape index (κ3) is 4.10. The van der Waals surface area contributed by atoms with E-state index in [9.17, 15) is 15.2 Å². The number of hydrogen-bond donors (Lipinski definition) is 1. The molecule has 0 fully saturated rings. The van der Waals surface area contributed by atoms with Crippen molar-refractivity contribution in [1.82, 2.24) is 4.98 Å². The van der Waals surface area contributed by atoms with Gasteiger partial charge >= 0.3 is 0 Å². The van der Waals surface area contributed by atoms with Crippen LogP contribution in [-0.4, -0.2) is 21.2 Å². The van der Waals surface area contributed by atoms with E-state index in [0.717, 1.165) is 5.56 Å². The van der Waals surface area contributed by atoms with E-state index in [0.29, 0.717) is 33.8 Å². The highest BCUT2D eigenvalue weighted by molar-refractivity contribution is 5.82. The molecule has 4 rings (SSSR count). The van der Waals surface area contributed by atoms with Crippen molar-refractivity contribution >= 4 is 34.8 Å². The number of nitro benzene ring substituents is 1. The van der Waals surface area contributed by atoms with Crippen LogP contribution in [0.4, 0.5) is 11.4 Å². The smallest absolute Gasteiger partial charge is 0.270 e. The summed E-state index contributed by atoms with van der Waals surface area (Å²) in [5.41, 5.74) is 4.20. The van der Waals surface area contributed by atoms with Crippen LogP contribution in [0.3, 0.4) is 0 Å². The van der Waals surface area contributed by atoms with Crippen molar-refractivity contribution in [2.45, 2.75) is 6.92 Å². The lowest BCUT2D eigenvalue weighted by molar-refractivity contribution is -0.384. The minimum absolute atomic E-state index is 0.0331. The second-order valence-electron chi connectivity index (χ2n) is 6.68. The largest absolute Gasteiger partial charge is 0.507 e. The number of benzene rings is 3. The van der Waals surface area contributed by atoms with E-state index in [2.05, 4.69) is 9.98 Å². The zero-order chi connectivity index (χ0) is 21.1. The van der Waals surface area contributed by atoms with Crippen LogP contribution >= 0.6 is 0 Å². The number of nitrogens with zero attached hydrogens (tertiary/aromatic N) is 3. The predicted molar refractivity (Wildman–Crippen MR) is 116 cm³/mol. The summed E-state index contributed by atoms with van der Waals surface area (Å²) in [7, 11) is 0. The first-order valence-electron chi connectivity index (χ1n) is 9.15. The van der Waals surface area contributed by atoms with Crippen LogP contribution in [0.5, 0.6) is 5.75 Å². The fourth-order valence-electron chi connectivity index (χ4n) is 2.95. The van der Waals surface area contributed by atoms with Crippen LogP contribution < -0.4 is 0 Å². The highest BCUT2D eigenvalue weighted by atomic mass is 16.6. The van der Waals surface area contributed by atoms with Gasteiger partial charge in [0.15, 0.2) is 5.58 Å². The zero-order valence-corrected chi connectivity index (χ0v) is 16.0. The van der Waals surface area contributed by atoms with Gasteiger partial charge in [0.1, 0.15) is 11.3 Å². The van der Waals surface area contributed by atoms with E-state index >= 15 is 0 Å². The lowest BCUT2D eigenvalue weighted by Crippen LogP contribution is -1.87. The second kappa shape index (κ2) is 8.00. The Bertz CT molecular complexity index is 1310. The maximum absolute atomic E-state index is 10.8. The average Bonchev–Trinajstić information content (AvgIpc) is 3.15. The van der Waals surface area contributed by atoms with Gasteiger partial charge in [0.2, 0.25) is 5.89 Å². The first-order chi connectivity index (χ1) is 14.5. The topological polar surface area (TPSA) is 102 Å². The Morgan fingerprint density at radius 1 is 1.13 bits per heavy atom. The molecule has 1 N–H and O–H groups in total. The fourth-order valence-corrected chi connectivity index (χ4v) is 2.95. The second-order valence-corrected chi connectivity index (χ2v) is 6.68. The molecule has 30 heavy (non-hydrogen) atoms. The Hall–Kier alpha value is -4.26. The first-order valence-corrected chi connectivity index (χ1v) is 9.15. The normalized spacial score (nSPS) is 11.6. The van der Waals surface area contributed by atoms with Crippen molar-refractivity contribution in [3.8, 4) is 17.2 Å². The van der Waals surface area contributed by atoms with Gasteiger partial charge in [-0.15, -0.1) is 0 Å². The van der Waals surface area contributed by atoms with E-state index in [1.807, 2.05) is 25.1 Å². The third-order valence-corrected chi connectivity index (χ3v) is 4.43. The van der Waals surface area contributed by atoms with Gasteiger partial charge in [0.05, 0.1) is 16.2 Å². The molecular weight excluding hydrogens is 382 g/mol. The minimum atomic E-state index is -0.434. The molecule has 0 radical (unpaired) electrons. The van der Waals surface area contributed by atoms with Gasteiger partial charge in [-0.3, -0.25) is 15.1 Å². The Morgan fingerprint density at radius 3 is 2.83 bits per heavy atom. The molecule has 0 amide bonds. The number of hydrogen-bond acceptors (Lipinski definition) is 6. The molecule has 1 aromatic heterocycles. The lowest BCUT2D eigenvalue weighted by Gasteiger charge is -2.01. The number of non-ortho nitro benzene ring substituents is 1. The Morgan fingerprint density at radius 2 is 2.00 bits per heavy atom. The van der Waals surface area contributed by atoms with Crippen LogP contribution in [0.1, 0.15) is 11.1 Å². The SMILES string of the molecule is Cc1ccc2nc(-c3cc(N=C/C=C\c4cccc([N+](=O)[O-])c4)ccc3O)oc2c1. The van der Waals surface area contributed by atoms with E-state index in [4.69, 9.17) is 4.42 Å². The van der Waals surface area contributed by atoms with E-state index < -0.39 is 4.92 Å². The molecule has 0 aliphatic carbocycles. The minimum Gasteiger partial charge on any atom is -0.507 e. The van der Waals surface area contributed by atoms with Crippen molar-refractivity contribution in [3.63, 3.8) is 0 Å². The van der Waals surface area contributed by atoms with Gasteiger partial charge in [-0.1, -0.05) is 24.3 Å². The third-order valence-electron chi connectivity index (χ3n) is 4.43. The Kier molecular flexibility index (Phi) is 5.09. The number of phenols is 1. The molecule has 0 unspecified atom stereocenters. The average molecular weight is 399 g/mol. The number of aromatic hydroxyl groups is 1. The molecule has 0 bridgehead atoms. The van der Waals surface area contributed by atoms with Crippen LogP contribution in [0.15, 0.2) is 76.1 Å². The first kappa shape index (κ1) is 19.1. The molecule has 3 aromatic carbocycles. The molecule has 7 nitrogen and oxygen atoms in total. The standard InChI is InChI=1S/C23H17N3O4/c1-15-7-9-20-22(12-15)30-23(25-20)19-14-17(8-10-21(19)27)24-11-3-5-16-4-2-6-18(13-16)26(28)29/h2-14,27H,1H3/b5-3-,24-11?. The van der Waals surface area contributed by atoms with Gasteiger partial charge < -0.3 is 9.52 Å². The lowest BCUT2D eigenvalue weighted by atomic mass is 10.1. The molecule has 0 spiro atoms. The molecule has 1 heterocycles. The molecule has 0 saturated heterocycles. The summed E-state index contributed by atoms with van der Waals surface area (Å²) in [6, 6.07) is 16.9. The molecule has 0 aliphatic heterocycles. The molecule has 4 aromatic rings. The number of nitro groups is 1. The number of fused-ring (bicyclic) bond motifs is 1. The monoisotopic (exact) mass is 399 g/mol. The van der Waals surface area contributed by atoms with Crippen LogP contribution in [0.25, 0.3) is 28.6 Å². The van der Waals surface area contributed by atoms with Gasteiger partial charge in [-0.25, -0.2) is 4.98 Å². The summed E-state index contributed by atoms with van der Waals surface area (Å²) in [5.74, 6) is 0.363.